The van der Waals surface area contributed by atoms with Gasteiger partial charge in [0.15, 0.2) is 0 Å². The van der Waals surface area contributed by atoms with Crippen LogP contribution in [0.15, 0.2) is 95.9 Å². The summed E-state index contributed by atoms with van der Waals surface area (Å²) >= 11 is 0. The van der Waals surface area contributed by atoms with E-state index in [2.05, 4.69) is 16.7 Å². The highest BCUT2D eigenvalue weighted by atomic mass is 32.2. The molecule has 5 nitrogen and oxygen atoms in total. The molecule has 0 aliphatic carbocycles. The quantitative estimate of drug-likeness (QED) is 0.300. The van der Waals surface area contributed by atoms with Crippen LogP contribution in [0.4, 0.5) is 5.69 Å². The third-order valence-electron chi connectivity index (χ3n) is 6.75. The van der Waals surface area contributed by atoms with Crippen molar-refractivity contribution < 1.29 is 13.5 Å². The number of anilines is 1. The molecule has 0 fully saturated rings. The molecular formula is C30H30N2O3S. The van der Waals surface area contributed by atoms with Crippen LogP contribution in [0.25, 0.3) is 21.8 Å². The number of aliphatic hydroxyl groups is 1. The molecule has 4 aromatic carbocycles. The minimum Gasteiger partial charge on any atom is -0.389 e. The van der Waals surface area contributed by atoms with Gasteiger partial charge >= 0.3 is 0 Å². The lowest BCUT2D eigenvalue weighted by Gasteiger charge is -2.30. The summed E-state index contributed by atoms with van der Waals surface area (Å²) in [5.74, 6) is 0. The van der Waals surface area contributed by atoms with Crippen molar-refractivity contribution in [2.75, 3.05) is 10.8 Å². The summed E-state index contributed by atoms with van der Waals surface area (Å²) in [6.07, 6.45) is -0.941. The smallest absolute Gasteiger partial charge is 0.264 e. The second-order valence-electron chi connectivity index (χ2n) is 9.39. The maximum absolute atomic E-state index is 13.9. The van der Waals surface area contributed by atoms with E-state index in [0.29, 0.717) is 5.69 Å². The molecule has 1 atom stereocenters. The fourth-order valence-corrected chi connectivity index (χ4v) is 6.64. The van der Waals surface area contributed by atoms with Crippen LogP contribution in [0, 0.1) is 20.8 Å². The van der Waals surface area contributed by atoms with Crippen molar-refractivity contribution in [3.8, 4) is 0 Å². The number of rotatable bonds is 7. The van der Waals surface area contributed by atoms with E-state index in [1.165, 1.54) is 4.31 Å². The number of aliphatic hydroxyl groups excluding tert-OH is 1. The van der Waals surface area contributed by atoms with Crippen LogP contribution in [0.1, 0.15) is 16.7 Å². The van der Waals surface area contributed by atoms with Gasteiger partial charge in [-0.15, -0.1) is 0 Å². The summed E-state index contributed by atoms with van der Waals surface area (Å²) in [4.78, 5) is 0.208. The van der Waals surface area contributed by atoms with E-state index in [1.807, 2.05) is 75.4 Å². The summed E-state index contributed by atoms with van der Waals surface area (Å²) in [5, 5.41) is 13.6. The van der Waals surface area contributed by atoms with E-state index in [9.17, 15) is 13.5 Å². The first kappa shape index (κ1) is 24.1. The van der Waals surface area contributed by atoms with Crippen LogP contribution in [0.3, 0.4) is 0 Å². The highest BCUT2D eigenvalue weighted by Gasteiger charge is 2.29. The van der Waals surface area contributed by atoms with Crippen LogP contribution in [0.2, 0.25) is 0 Å². The van der Waals surface area contributed by atoms with Crippen LogP contribution < -0.4 is 4.31 Å². The maximum Gasteiger partial charge on any atom is 0.264 e. The number of aryl methyl sites for hydroxylation is 3. The van der Waals surface area contributed by atoms with E-state index in [0.717, 1.165) is 38.5 Å². The minimum absolute atomic E-state index is 0.0667. The lowest BCUT2D eigenvalue weighted by Crippen LogP contribution is -2.40. The Morgan fingerprint density at radius 1 is 0.750 bits per heavy atom. The number of hydrogen-bond acceptors (Lipinski definition) is 3. The number of para-hydroxylation sites is 3. The molecule has 0 saturated carbocycles. The molecule has 0 bridgehead atoms. The van der Waals surface area contributed by atoms with Gasteiger partial charge in [-0.3, -0.25) is 4.31 Å². The lowest BCUT2D eigenvalue weighted by molar-refractivity contribution is 0.166. The number of sulfonamides is 1. The van der Waals surface area contributed by atoms with E-state index < -0.39 is 16.1 Å². The van der Waals surface area contributed by atoms with Gasteiger partial charge in [0.05, 0.1) is 29.8 Å². The van der Waals surface area contributed by atoms with Crippen molar-refractivity contribution in [3.63, 3.8) is 0 Å². The highest BCUT2D eigenvalue weighted by Crippen LogP contribution is 2.32. The number of hydrogen-bond donors (Lipinski definition) is 1. The SMILES string of the molecule is Cc1ccc(S(=O)(=O)N(CC(O)Cn2c3ccccc3c3ccccc32)c2c(C)cccc2C)cc1. The predicted molar refractivity (Wildman–Crippen MR) is 147 cm³/mol. The van der Waals surface area contributed by atoms with Gasteiger partial charge < -0.3 is 9.67 Å². The Balaban J connectivity index is 1.57. The fourth-order valence-electron chi connectivity index (χ4n) is 5.01. The first-order chi connectivity index (χ1) is 17.3. The molecule has 1 unspecified atom stereocenters. The van der Waals surface area contributed by atoms with Gasteiger partial charge in [0.25, 0.3) is 10.0 Å². The van der Waals surface area contributed by atoms with Gasteiger partial charge in [-0.05, 0) is 56.2 Å². The van der Waals surface area contributed by atoms with Crippen molar-refractivity contribution in [1.29, 1.82) is 0 Å². The Kier molecular flexibility index (Phi) is 6.33. The second kappa shape index (κ2) is 9.45. The normalized spacial score (nSPS) is 12.8. The highest BCUT2D eigenvalue weighted by molar-refractivity contribution is 7.92. The van der Waals surface area contributed by atoms with E-state index in [4.69, 9.17) is 0 Å². The Morgan fingerprint density at radius 2 is 1.28 bits per heavy atom. The summed E-state index contributed by atoms with van der Waals surface area (Å²) in [7, 11) is -3.91. The molecule has 0 saturated heterocycles. The summed E-state index contributed by atoms with van der Waals surface area (Å²) < 4.78 is 31.3. The molecule has 1 N–H and O–H groups in total. The Morgan fingerprint density at radius 3 is 1.83 bits per heavy atom. The predicted octanol–water partition coefficient (Wildman–Crippen LogP) is 5.98. The molecule has 0 aliphatic rings. The van der Waals surface area contributed by atoms with Crippen molar-refractivity contribution in [3.05, 3.63) is 108 Å². The van der Waals surface area contributed by atoms with Gasteiger partial charge in [0.2, 0.25) is 0 Å². The molecule has 0 spiro atoms. The van der Waals surface area contributed by atoms with Crippen molar-refractivity contribution >= 4 is 37.5 Å². The number of aromatic nitrogens is 1. The monoisotopic (exact) mass is 498 g/mol. The van der Waals surface area contributed by atoms with Gasteiger partial charge in [-0.25, -0.2) is 8.42 Å². The van der Waals surface area contributed by atoms with Crippen molar-refractivity contribution in [1.82, 2.24) is 4.57 Å². The van der Waals surface area contributed by atoms with Crippen LogP contribution in [-0.4, -0.2) is 30.7 Å². The van der Waals surface area contributed by atoms with Crippen molar-refractivity contribution in [2.24, 2.45) is 0 Å². The van der Waals surface area contributed by atoms with E-state index >= 15 is 0 Å². The number of fused-ring (bicyclic) bond motifs is 3. The fraction of sp³-hybridized carbons (Fsp3) is 0.200. The lowest BCUT2D eigenvalue weighted by atomic mass is 10.1. The molecule has 5 aromatic rings. The Hall–Kier alpha value is -3.61. The number of nitrogens with zero attached hydrogens (tertiary/aromatic N) is 2. The molecule has 0 radical (unpaired) electrons. The molecule has 5 rings (SSSR count). The zero-order valence-electron chi connectivity index (χ0n) is 20.7. The molecule has 6 heteroatoms. The summed E-state index contributed by atoms with van der Waals surface area (Å²) in [6.45, 7) is 5.93. The Bertz CT molecular complexity index is 1580. The third-order valence-corrected chi connectivity index (χ3v) is 8.53. The Labute approximate surface area is 212 Å². The zero-order chi connectivity index (χ0) is 25.4. The summed E-state index contributed by atoms with van der Waals surface area (Å²) in [5.41, 5.74) is 5.30. The first-order valence-corrected chi connectivity index (χ1v) is 13.5. The topological polar surface area (TPSA) is 62.5 Å². The maximum atomic E-state index is 13.9. The molecule has 36 heavy (non-hydrogen) atoms. The van der Waals surface area contributed by atoms with Gasteiger partial charge in [-0.2, -0.15) is 0 Å². The van der Waals surface area contributed by atoms with Crippen LogP contribution >= 0.6 is 0 Å². The molecule has 0 aliphatic heterocycles. The minimum atomic E-state index is -3.91. The average molecular weight is 499 g/mol. The zero-order valence-corrected chi connectivity index (χ0v) is 21.5. The van der Waals surface area contributed by atoms with Gasteiger partial charge in [0.1, 0.15) is 0 Å². The average Bonchev–Trinajstić information content (AvgIpc) is 3.17. The molecule has 0 amide bonds. The van der Waals surface area contributed by atoms with Crippen LogP contribution in [-0.2, 0) is 16.6 Å². The van der Waals surface area contributed by atoms with Gasteiger partial charge in [0, 0.05) is 21.8 Å². The van der Waals surface area contributed by atoms with Gasteiger partial charge in [-0.1, -0.05) is 72.3 Å². The standard InChI is InChI=1S/C30H30N2O3S/c1-21-15-17-25(18-16-21)36(34,35)32(30-22(2)9-8-10-23(30)3)20-24(33)19-31-28-13-6-4-11-26(28)27-12-5-7-14-29(27)31/h4-18,24,33H,19-20H2,1-3H3. The summed E-state index contributed by atoms with van der Waals surface area (Å²) in [6, 6.07) is 28.8. The third kappa shape index (κ3) is 4.27. The molecular weight excluding hydrogens is 468 g/mol. The molecule has 1 heterocycles. The number of benzene rings is 4. The molecule has 184 valence electrons. The van der Waals surface area contributed by atoms with Crippen LogP contribution in [0.5, 0.6) is 0 Å². The van der Waals surface area contributed by atoms with Crippen molar-refractivity contribution in [2.45, 2.75) is 38.3 Å². The molecule has 1 aromatic heterocycles. The van der Waals surface area contributed by atoms with E-state index in [-0.39, 0.29) is 18.0 Å². The largest absolute Gasteiger partial charge is 0.389 e. The first-order valence-electron chi connectivity index (χ1n) is 12.1. The van der Waals surface area contributed by atoms with E-state index in [1.54, 1.807) is 24.3 Å². The second-order valence-corrected chi connectivity index (χ2v) is 11.3.